The topological polar surface area (TPSA) is 94.2 Å². The lowest BCUT2D eigenvalue weighted by Crippen LogP contribution is -2.32. The molecule has 1 aliphatic rings. The first kappa shape index (κ1) is 29.5. The van der Waals surface area contributed by atoms with Gasteiger partial charge in [-0.15, -0.1) is 0 Å². The molecule has 40 heavy (non-hydrogen) atoms. The Balaban J connectivity index is 1.42. The number of carbonyl (C=O) groups is 3. The smallest absolute Gasteiger partial charge is 0.293 e. The number of hydrogen-bond donors (Lipinski definition) is 1. The number of ether oxygens (including phenoxy) is 3. The molecular formula is C29H26BrClN2O6S. The highest BCUT2D eigenvalue weighted by Gasteiger charge is 2.35. The van der Waals surface area contributed by atoms with Gasteiger partial charge in [0, 0.05) is 0 Å². The summed E-state index contributed by atoms with van der Waals surface area (Å²) in [6.45, 7) is 4.17. The number of halogens is 2. The molecule has 1 aliphatic heterocycles. The second-order valence-electron chi connectivity index (χ2n) is 8.57. The molecular weight excluding hydrogens is 620 g/mol. The van der Waals surface area contributed by atoms with E-state index in [9.17, 15) is 14.4 Å². The van der Waals surface area contributed by atoms with Crippen molar-refractivity contribution in [2.45, 2.75) is 13.8 Å². The first-order chi connectivity index (χ1) is 19.2. The number of imide groups is 1. The van der Waals surface area contributed by atoms with Gasteiger partial charge < -0.3 is 19.5 Å². The molecule has 0 unspecified atom stereocenters. The van der Waals surface area contributed by atoms with Crippen LogP contribution >= 0.6 is 39.3 Å². The summed E-state index contributed by atoms with van der Waals surface area (Å²) >= 11 is 10.4. The molecule has 0 saturated carbocycles. The molecule has 208 valence electrons. The van der Waals surface area contributed by atoms with Gasteiger partial charge in [0.2, 0.25) is 0 Å². The molecule has 1 heterocycles. The molecule has 3 aromatic carbocycles. The van der Waals surface area contributed by atoms with Crippen LogP contribution in [-0.4, -0.2) is 48.3 Å². The molecule has 1 saturated heterocycles. The molecule has 0 aliphatic carbocycles. The van der Waals surface area contributed by atoms with Gasteiger partial charge in [0.15, 0.2) is 18.1 Å². The third kappa shape index (κ3) is 7.59. The fraction of sp³-hybridized carbons (Fsp3) is 0.207. The van der Waals surface area contributed by atoms with E-state index in [1.807, 2.05) is 38.1 Å². The minimum atomic E-state index is -0.397. The van der Waals surface area contributed by atoms with E-state index in [1.165, 1.54) is 0 Å². The molecule has 0 bridgehead atoms. The first-order valence-corrected chi connectivity index (χ1v) is 14.3. The van der Waals surface area contributed by atoms with Crippen molar-refractivity contribution >= 4 is 68.1 Å². The number of nitrogens with zero attached hydrogens (tertiary/aromatic N) is 1. The van der Waals surface area contributed by atoms with Crippen LogP contribution in [0.3, 0.4) is 0 Å². The van der Waals surface area contributed by atoms with Gasteiger partial charge in [-0.3, -0.25) is 19.3 Å². The lowest BCUT2D eigenvalue weighted by Gasteiger charge is -2.15. The molecule has 0 aromatic heterocycles. The zero-order valence-electron chi connectivity index (χ0n) is 21.7. The number of thioether (sulfide) groups is 1. The van der Waals surface area contributed by atoms with Crippen molar-refractivity contribution in [2.75, 3.05) is 31.7 Å². The van der Waals surface area contributed by atoms with Gasteiger partial charge in [-0.2, -0.15) is 0 Å². The lowest BCUT2D eigenvalue weighted by molar-refractivity contribution is -0.123. The van der Waals surface area contributed by atoms with E-state index in [2.05, 4.69) is 21.2 Å². The van der Waals surface area contributed by atoms with Gasteiger partial charge in [0.25, 0.3) is 17.1 Å². The summed E-state index contributed by atoms with van der Waals surface area (Å²) < 4.78 is 17.7. The van der Waals surface area contributed by atoms with Crippen molar-refractivity contribution in [1.29, 1.82) is 0 Å². The zero-order chi connectivity index (χ0) is 28.6. The molecule has 0 radical (unpaired) electrons. The Morgan fingerprint density at radius 2 is 1.82 bits per heavy atom. The van der Waals surface area contributed by atoms with Crippen LogP contribution in [0.4, 0.5) is 10.5 Å². The van der Waals surface area contributed by atoms with Crippen LogP contribution in [-0.2, 0) is 9.59 Å². The molecule has 1 fully saturated rings. The van der Waals surface area contributed by atoms with E-state index >= 15 is 0 Å². The molecule has 3 aromatic rings. The van der Waals surface area contributed by atoms with E-state index in [1.54, 1.807) is 42.5 Å². The van der Waals surface area contributed by atoms with Crippen molar-refractivity contribution < 1.29 is 28.6 Å². The Morgan fingerprint density at radius 1 is 1.07 bits per heavy atom. The van der Waals surface area contributed by atoms with Crippen molar-refractivity contribution in [3.05, 3.63) is 86.2 Å². The maximum Gasteiger partial charge on any atom is 0.293 e. The van der Waals surface area contributed by atoms with Gasteiger partial charge in [-0.25, -0.2) is 0 Å². The van der Waals surface area contributed by atoms with Crippen molar-refractivity contribution in [1.82, 2.24) is 4.90 Å². The average molecular weight is 646 g/mol. The standard InChI is InChI=1S/C29H26BrClN2O6S/c1-3-37-24-15-19(14-21(30)27(24)39-17-26(34)32-23-7-5-4-6-22(23)31)16-25-28(35)33(29(36)40-25)12-13-38-20-10-8-18(2)9-11-20/h4-11,14-16H,3,12-13,17H2,1-2H3,(H,32,34)/b25-16-. The maximum atomic E-state index is 13.0. The van der Waals surface area contributed by atoms with Crippen LogP contribution in [0.15, 0.2) is 70.0 Å². The van der Waals surface area contributed by atoms with E-state index in [-0.39, 0.29) is 29.9 Å². The first-order valence-electron chi connectivity index (χ1n) is 12.3. The maximum absolute atomic E-state index is 13.0. The number of rotatable bonds is 11. The number of nitrogens with one attached hydrogen (secondary N) is 1. The van der Waals surface area contributed by atoms with Gasteiger partial charge in [0.05, 0.1) is 33.2 Å². The van der Waals surface area contributed by atoms with Crippen LogP contribution in [0.25, 0.3) is 6.08 Å². The van der Waals surface area contributed by atoms with Gasteiger partial charge in [0.1, 0.15) is 12.4 Å². The molecule has 4 rings (SSSR count). The molecule has 0 spiro atoms. The van der Waals surface area contributed by atoms with E-state index in [0.717, 1.165) is 22.2 Å². The summed E-state index contributed by atoms with van der Waals surface area (Å²) in [6.07, 6.45) is 1.62. The minimum Gasteiger partial charge on any atom is -0.492 e. The van der Waals surface area contributed by atoms with Crippen LogP contribution < -0.4 is 19.5 Å². The highest BCUT2D eigenvalue weighted by Crippen LogP contribution is 2.39. The Morgan fingerprint density at radius 3 is 2.55 bits per heavy atom. The van der Waals surface area contributed by atoms with E-state index < -0.39 is 11.8 Å². The highest BCUT2D eigenvalue weighted by atomic mass is 79.9. The summed E-state index contributed by atoms with van der Waals surface area (Å²) in [5.74, 6) is 0.582. The number of benzene rings is 3. The van der Waals surface area contributed by atoms with E-state index in [0.29, 0.717) is 44.6 Å². The number of carbonyl (C=O) groups excluding carboxylic acids is 3. The number of hydrogen-bond acceptors (Lipinski definition) is 7. The van der Waals surface area contributed by atoms with Crippen LogP contribution in [0.5, 0.6) is 17.2 Å². The summed E-state index contributed by atoms with van der Waals surface area (Å²) in [4.78, 5) is 39.4. The third-order valence-corrected chi connectivity index (χ3v) is 7.43. The van der Waals surface area contributed by atoms with Crippen molar-refractivity contribution in [3.63, 3.8) is 0 Å². The predicted octanol–water partition coefficient (Wildman–Crippen LogP) is 6.94. The molecule has 11 heteroatoms. The third-order valence-electron chi connectivity index (χ3n) is 5.60. The monoisotopic (exact) mass is 644 g/mol. The molecule has 1 N–H and O–H groups in total. The Hall–Kier alpha value is -3.47. The molecule has 0 atom stereocenters. The SMILES string of the molecule is CCOc1cc(/C=C2\SC(=O)N(CCOc3ccc(C)cc3)C2=O)cc(Br)c1OCC(=O)Nc1ccccc1Cl. The normalized spacial score (nSPS) is 14.0. The number of aryl methyl sites for hydroxylation is 1. The van der Waals surface area contributed by atoms with Gasteiger partial charge in [-0.1, -0.05) is 41.4 Å². The quantitative estimate of drug-likeness (QED) is 0.226. The fourth-order valence-corrected chi connectivity index (χ4v) is 5.32. The van der Waals surface area contributed by atoms with Crippen molar-refractivity contribution in [2.24, 2.45) is 0 Å². The minimum absolute atomic E-state index is 0.132. The summed E-state index contributed by atoms with van der Waals surface area (Å²) in [6, 6.07) is 17.8. The highest BCUT2D eigenvalue weighted by molar-refractivity contribution is 9.10. The number of anilines is 1. The summed E-state index contributed by atoms with van der Waals surface area (Å²) in [5, 5.41) is 2.76. The zero-order valence-corrected chi connectivity index (χ0v) is 24.9. The van der Waals surface area contributed by atoms with E-state index in [4.69, 9.17) is 25.8 Å². The Kier molecular flexibility index (Phi) is 10.1. The molecule has 3 amide bonds. The van der Waals surface area contributed by atoms with Crippen LogP contribution in [0, 0.1) is 6.92 Å². The number of amides is 3. The average Bonchev–Trinajstić information content (AvgIpc) is 3.18. The van der Waals surface area contributed by atoms with Gasteiger partial charge >= 0.3 is 0 Å². The van der Waals surface area contributed by atoms with Gasteiger partial charge in [-0.05, 0) is 89.6 Å². The van der Waals surface area contributed by atoms with Crippen molar-refractivity contribution in [3.8, 4) is 17.2 Å². The second-order valence-corrected chi connectivity index (χ2v) is 10.8. The predicted molar refractivity (Wildman–Crippen MR) is 160 cm³/mol. The largest absolute Gasteiger partial charge is 0.492 e. The second kappa shape index (κ2) is 13.7. The fourth-order valence-electron chi connectivity index (χ4n) is 3.69. The Bertz CT molecular complexity index is 1450. The summed E-state index contributed by atoms with van der Waals surface area (Å²) in [7, 11) is 0. The Labute approximate surface area is 249 Å². The molecule has 8 nitrogen and oxygen atoms in total. The summed E-state index contributed by atoms with van der Waals surface area (Å²) in [5.41, 5.74) is 2.21. The van der Waals surface area contributed by atoms with Crippen LogP contribution in [0.1, 0.15) is 18.1 Å². The number of para-hydroxylation sites is 1. The lowest BCUT2D eigenvalue weighted by atomic mass is 10.2. The van der Waals surface area contributed by atoms with Crippen LogP contribution in [0.2, 0.25) is 5.02 Å².